The Bertz CT molecular complexity index is 577. The number of carbonyl (C=O) groups is 2. The van der Waals surface area contributed by atoms with E-state index >= 15 is 0 Å². The topological polar surface area (TPSA) is 101 Å². The van der Waals surface area contributed by atoms with Crippen LogP contribution in [-0.2, 0) is 11.8 Å². The maximum absolute atomic E-state index is 11.8. The molecule has 0 saturated carbocycles. The molecule has 0 fully saturated rings. The van der Waals surface area contributed by atoms with Crippen molar-refractivity contribution in [3.63, 3.8) is 0 Å². The number of hydrogen-bond donors (Lipinski definition) is 2. The van der Waals surface area contributed by atoms with Gasteiger partial charge in [0.15, 0.2) is 0 Å². The minimum Gasteiger partial charge on any atom is -0.480 e. The molecule has 0 spiro atoms. The van der Waals surface area contributed by atoms with Crippen molar-refractivity contribution in [2.24, 2.45) is 7.05 Å². The van der Waals surface area contributed by atoms with E-state index in [4.69, 9.17) is 5.11 Å². The Labute approximate surface area is 109 Å². The Morgan fingerprint density at radius 2 is 2.16 bits per heavy atom. The molecule has 0 bridgehead atoms. The minimum atomic E-state index is -1.15. The van der Waals surface area contributed by atoms with Crippen molar-refractivity contribution in [2.45, 2.75) is 19.4 Å². The molecule has 0 aliphatic carbocycles. The van der Waals surface area contributed by atoms with E-state index in [1.807, 2.05) is 0 Å². The van der Waals surface area contributed by atoms with Gasteiger partial charge in [-0.1, -0.05) is 5.57 Å². The van der Waals surface area contributed by atoms with Crippen molar-refractivity contribution in [3.8, 4) is 0 Å². The number of aryl methyl sites for hydroxylation is 1. The average molecular weight is 265 g/mol. The second kappa shape index (κ2) is 5.94. The first-order valence-electron chi connectivity index (χ1n) is 5.53. The summed E-state index contributed by atoms with van der Waals surface area (Å²) in [5.74, 6) is -1.80. The Balaban J connectivity index is 2.87. The maximum atomic E-state index is 11.8. The number of aliphatic carboxylic acids is 1. The van der Waals surface area contributed by atoms with Gasteiger partial charge in [-0.2, -0.15) is 5.10 Å². The Morgan fingerprint density at radius 3 is 2.63 bits per heavy atom. The fourth-order valence-corrected chi connectivity index (χ4v) is 1.40. The predicted octanol–water partition coefficient (Wildman–Crippen LogP) is -0.0705. The van der Waals surface area contributed by atoms with Crippen molar-refractivity contribution < 1.29 is 14.7 Å². The van der Waals surface area contributed by atoms with Crippen molar-refractivity contribution >= 4 is 11.9 Å². The highest BCUT2D eigenvalue weighted by molar-refractivity contribution is 5.94. The van der Waals surface area contributed by atoms with E-state index in [0.29, 0.717) is 5.57 Å². The SMILES string of the molecule is C=C(C)CC(NC(=O)c1ccc(=O)n(C)n1)C(=O)O. The van der Waals surface area contributed by atoms with Gasteiger partial charge in [-0.15, -0.1) is 6.58 Å². The summed E-state index contributed by atoms with van der Waals surface area (Å²) >= 11 is 0. The number of nitrogens with one attached hydrogen (secondary N) is 1. The molecule has 2 N–H and O–H groups in total. The number of nitrogens with zero attached hydrogens (tertiary/aromatic N) is 2. The van der Waals surface area contributed by atoms with Crippen LogP contribution in [0, 0.1) is 0 Å². The Hall–Kier alpha value is -2.44. The van der Waals surface area contributed by atoms with Crippen molar-refractivity contribution in [2.75, 3.05) is 0 Å². The van der Waals surface area contributed by atoms with Crippen molar-refractivity contribution in [1.82, 2.24) is 15.1 Å². The number of carbonyl (C=O) groups excluding carboxylic acids is 1. The van der Waals surface area contributed by atoms with E-state index < -0.39 is 17.9 Å². The van der Waals surface area contributed by atoms with Gasteiger partial charge in [0.1, 0.15) is 11.7 Å². The summed E-state index contributed by atoms with van der Waals surface area (Å²) < 4.78 is 1.00. The lowest BCUT2D eigenvalue weighted by atomic mass is 10.1. The molecule has 1 unspecified atom stereocenters. The van der Waals surface area contributed by atoms with Gasteiger partial charge in [0, 0.05) is 13.1 Å². The molecule has 7 heteroatoms. The Kier molecular flexibility index (Phi) is 4.57. The van der Waals surface area contributed by atoms with Gasteiger partial charge in [-0.3, -0.25) is 9.59 Å². The van der Waals surface area contributed by atoms with E-state index in [9.17, 15) is 14.4 Å². The molecule has 0 aromatic carbocycles. The van der Waals surface area contributed by atoms with Gasteiger partial charge in [0.05, 0.1) is 0 Å². The van der Waals surface area contributed by atoms with Crippen molar-refractivity contribution in [3.05, 3.63) is 40.3 Å². The lowest BCUT2D eigenvalue weighted by molar-refractivity contribution is -0.139. The van der Waals surface area contributed by atoms with Crippen LogP contribution in [0.1, 0.15) is 23.8 Å². The molecule has 102 valence electrons. The molecule has 0 saturated heterocycles. The molecular formula is C12H15N3O4. The van der Waals surface area contributed by atoms with Crippen molar-refractivity contribution in [1.29, 1.82) is 0 Å². The molecule has 1 aromatic heterocycles. The first kappa shape index (κ1) is 14.6. The van der Waals surface area contributed by atoms with Crippen LogP contribution in [-0.4, -0.2) is 32.8 Å². The smallest absolute Gasteiger partial charge is 0.326 e. The molecule has 1 atom stereocenters. The van der Waals surface area contributed by atoms with Gasteiger partial charge in [-0.25, -0.2) is 9.48 Å². The predicted molar refractivity (Wildman–Crippen MR) is 67.8 cm³/mol. The lowest BCUT2D eigenvalue weighted by Gasteiger charge is -2.14. The molecule has 0 radical (unpaired) electrons. The first-order chi connectivity index (χ1) is 8.81. The zero-order valence-corrected chi connectivity index (χ0v) is 10.7. The summed E-state index contributed by atoms with van der Waals surface area (Å²) in [4.78, 5) is 33.9. The van der Waals surface area contributed by atoms with E-state index in [-0.39, 0.29) is 17.7 Å². The van der Waals surface area contributed by atoms with Crippen LogP contribution in [0.3, 0.4) is 0 Å². The highest BCUT2D eigenvalue weighted by Crippen LogP contribution is 2.03. The van der Waals surface area contributed by atoms with E-state index in [1.54, 1.807) is 6.92 Å². The molecule has 1 rings (SSSR count). The van der Waals surface area contributed by atoms with Gasteiger partial charge < -0.3 is 10.4 Å². The summed E-state index contributed by atoms with van der Waals surface area (Å²) in [6.45, 7) is 5.28. The summed E-state index contributed by atoms with van der Waals surface area (Å²) in [6.07, 6.45) is 0.132. The van der Waals surface area contributed by atoms with Gasteiger partial charge in [0.25, 0.3) is 11.5 Å². The fourth-order valence-electron chi connectivity index (χ4n) is 1.40. The molecule has 1 aromatic rings. The molecule has 1 heterocycles. The van der Waals surface area contributed by atoms with Gasteiger partial charge in [-0.05, 0) is 19.4 Å². The molecule has 7 nitrogen and oxygen atoms in total. The van der Waals surface area contributed by atoms with Crippen LogP contribution >= 0.6 is 0 Å². The summed E-state index contributed by atoms with van der Waals surface area (Å²) in [6, 6.07) is 1.37. The van der Waals surface area contributed by atoms with Crippen LogP contribution in [0.2, 0.25) is 0 Å². The molecule has 19 heavy (non-hydrogen) atoms. The van der Waals surface area contributed by atoms with E-state index in [1.165, 1.54) is 19.2 Å². The second-order valence-electron chi connectivity index (χ2n) is 4.21. The number of carboxylic acids is 1. The second-order valence-corrected chi connectivity index (χ2v) is 4.21. The summed E-state index contributed by atoms with van der Waals surface area (Å²) in [5.41, 5.74) is 0.268. The highest BCUT2D eigenvalue weighted by Gasteiger charge is 2.21. The third-order valence-electron chi connectivity index (χ3n) is 2.35. The standard InChI is InChI=1S/C12H15N3O4/c1-7(2)6-9(12(18)19)13-11(17)8-4-5-10(16)15(3)14-8/h4-5,9H,1,6H2,2-3H3,(H,13,17)(H,18,19). The Morgan fingerprint density at radius 1 is 1.53 bits per heavy atom. The van der Waals surface area contributed by atoms with E-state index in [0.717, 1.165) is 4.68 Å². The summed E-state index contributed by atoms with van der Waals surface area (Å²) in [5, 5.41) is 15.1. The third kappa shape index (κ3) is 4.06. The number of aromatic nitrogens is 2. The van der Waals surface area contributed by atoms with E-state index in [2.05, 4.69) is 17.0 Å². The maximum Gasteiger partial charge on any atom is 0.326 e. The first-order valence-corrected chi connectivity index (χ1v) is 5.53. The number of carboxylic acid groups (broad SMARTS) is 1. The van der Waals surface area contributed by atoms with Crippen LogP contribution in [0.5, 0.6) is 0 Å². The van der Waals surface area contributed by atoms with Crippen LogP contribution in [0.15, 0.2) is 29.1 Å². The third-order valence-corrected chi connectivity index (χ3v) is 2.35. The van der Waals surface area contributed by atoms with Gasteiger partial charge >= 0.3 is 5.97 Å². The quantitative estimate of drug-likeness (QED) is 0.726. The normalized spacial score (nSPS) is 11.7. The zero-order chi connectivity index (χ0) is 14.6. The number of amides is 1. The molecule has 0 aliphatic rings. The van der Waals surface area contributed by atoms with Crippen LogP contribution in [0.4, 0.5) is 0 Å². The highest BCUT2D eigenvalue weighted by atomic mass is 16.4. The van der Waals surface area contributed by atoms with Gasteiger partial charge in [0.2, 0.25) is 0 Å². The fraction of sp³-hybridized carbons (Fsp3) is 0.333. The number of hydrogen-bond acceptors (Lipinski definition) is 4. The number of rotatable bonds is 5. The van der Waals surface area contributed by atoms with Crippen LogP contribution < -0.4 is 10.9 Å². The minimum absolute atomic E-state index is 0.0185. The monoisotopic (exact) mass is 265 g/mol. The summed E-state index contributed by atoms with van der Waals surface area (Å²) in [7, 11) is 1.40. The largest absolute Gasteiger partial charge is 0.480 e. The van der Waals surface area contributed by atoms with Crippen LogP contribution in [0.25, 0.3) is 0 Å². The average Bonchev–Trinajstić information content (AvgIpc) is 2.31. The zero-order valence-electron chi connectivity index (χ0n) is 10.7. The molecular weight excluding hydrogens is 250 g/mol. The molecule has 1 amide bonds. The lowest BCUT2D eigenvalue weighted by Crippen LogP contribution is -2.41. The molecule has 0 aliphatic heterocycles.